The summed E-state index contributed by atoms with van der Waals surface area (Å²) < 4.78 is 10.6. The summed E-state index contributed by atoms with van der Waals surface area (Å²) in [6.45, 7) is 4.44. The second kappa shape index (κ2) is 6.43. The summed E-state index contributed by atoms with van der Waals surface area (Å²) >= 11 is 0. The largest absolute Gasteiger partial charge is 0.493 e. The van der Waals surface area contributed by atoms with E-state index in [4.69, 9.17) is 15.2 Å². The molecule has 0 aromatic heterocycles. The van der Waals surface area contributed by atoms with E-state index in [0.29, 0.717) is 18.0 Å². The van der Waals surface area contributed by atoms with Crippen molar-refractivity contribution in [2.24, 2.45) is 5.73 Å². The zero-order valence-corrected chi connectivity index (χ0v) is 11.9. The summed E-state index contributed by atoms with van der Waals surface area (Å²) in [6.07, 6.45) is 0.277. The maximum atomic E-state index is 11.0. The zero-order valence-electron chi connectivity index (χ0n) is 11.9. The highest BCUT2D eigenvalue weighted by Gasteiger charge is 2.20. The first-order valence-electron chi connectivity index (χ1n) is 6.13. The van der Waals surface area contributed by atoms with Crippen molar-refractivity contribution in [2.75, 3.05) is 14.2 Å². The van der Waals surface area contributed by atoms with Gasteiger partial charge in [0.2, 0.25) is 5.91 Å². The van der Waals surface area contributed by atoms with Crippen LogP contribution in [-0.2, 0) is 11.3 Å². The fourth-order valence-corrected chi connectivity index (χ4v) is 1.93. The molecule has 1 amide bonds. The Morgan fingerprint density at radius 1 is 1.32 bits per heavy atom. The SMILES string of the molecule is COc1cccc(CNC(C)(C)CC(N)=O)c1OC. The molecule has 0 spiro atoms. The van der Waals surface area contributed by atoms with Crippen molar-refractivity contribution in [1.29, 1.82) is 0 Å². The summed E-state index contributed by atoms with van der Waals surface area (Å²) in [4.78, 5) is 11.0. The average molecular weight is 266 g/mol. The summed E-state index contributed by atoms with van der Waals surface area (Å²) in [6, 6.07) is 5.70. The fraction of sp³-hybridized carbons (Fsp3) is 0.500. The molecule has 5 nitrogen and oxygen atoms in total. The number of nitrogens with one attached hydrogen (secondary N) is 1. The lowest BCUT2D eigenvalue weighted by molar-refractivity contribution is -0.119. The number of hydrogen-bond acceptors (Lipinski definition) is 4. The van der Waals surface area contributed by atoms with E-state index >= 15 is 0 Å². The maximum absolute atomic E-state index is 11.0. The monoisotopic (exact) mass is 266 g/mol. The van der Waals surface area contributed by atoms with Gasteiger partial charge in [-0.1, -0.05) is 12.1 Å². The first-order chi connectivity index (χ1) is 8.89. The summed E-state index contributed by atoms with van der Waals surface area (Å²) in [5.74, 6) is 1.07. The molecule has 3 N–H and O–H groups in total. The van der Waals surface area contributed by atoms with Crippen molar-refractivity contribution in [3.63, 3.8) is 0 Å². The Bertz CT molecular complexity index is 444. The predicted octanol–water partition coefficient (Wildman–Crippen LogP) is 1.45. The Morgan fingerprint density at radius 2 is 2.00 bits per heavy atom. The molecule has 0 atom stereocenters. The molecular formula is C14H22N2O3. The van der Waals surface area contributed by atoms with Gasteiger partial charge in [0, 0.05) is 24.1 Å². The van der Waals surface area contributed by atoms with Gasteiger partial charge in [0.1, 0.15) is 0 Å². The predicted molar refractivity (Wildman–Crippen MR) is 74.3 cm³/mol. The Balaban J connectivity index is 2.80. The number of methoxy groups -OCH3 is 2. The molecule has 0 aliphatic rings. The van der Waals surface area contributed by atoms with Crippen LogP contribution >= 0.6 is 0 Å². The quantitative estimate of drug-likeness (QED) is 0.783. The van der Waals surface area contributed by atoms with Gasteiger partial charge in [-0.05, 0) is 19.9 Å². The molecule has 0 unspecified atom stereocenters. The van der Waals surface area contributed by atoms with Gasteiger partial charge in [-0.3, -0.25) is 4.79 Å². The maximum Gasteiger partial charge on any atom is 0.219 e. The second-order valence-corrected chi connectivity index (χ2v) is 5.03. The molecule has 1 aromatic rings. The number of carbonyl (C=O) groups is 1. The lowest BCUT2D eigenvalue weighted by Crippen LogP contribution is -2.42. The van der Waals surface area contributed by atoms with Crippen molar-refractivity contribution in [1.82, 2.24) is 5.32 Å². The molecule has 1 aromatic carbocycles. The number of ether oxygens (including phenoxy) is 2. The highest BCUT2D eigenvalue weighted by Crippen LogP contribution is 2.30. The Labute approximate surface area is 114 Å². The van der Waals surface area contributed by atoms with Crippen LogP contribution in [0.5, 0.6) is 11.5 Å². The van der Waals surface area contributed by atoms with Crippen molar-refractivity contribution >= 4 is 5.91 Å². The van der Waals surface area contributed by atoms with Gasteiger partial charge in [0.05, 0.1) is 14.2 Å². The number of benzene rings is 1. The number of hydrogen-bond donors (Lipinski definition) is 2. The molecule has 0 heterocycles. The van der Waals surface area contributed by atoms with Crippen LogP contribution in [0.4, 0.5) is 0 Å². The Hall–Kier alpha value is -1.75. The van der Waals surface area contributed by atoms with E-state index in [-0.39, 0.29) is 17.9 Å². The average Bonchev–Trinajstić information content (AvgIpc) is 2.34. The molecule has 1 rings (SSSR count). The fourth-order valence-electron chi connectivity index (χ4n) is 1.93. The van der Waals surface area contributed by atoms with Gasteiger partial charge in [0.15, 0.2) is 11.5 Å². The van der Waals surface area contributed by atoms with Gasteiger partial charge >= 0.3 is 0 Å². The molecule has 19 heavy (non-hydrogen) atoms. The van der Waals surface area contributed by atoms with Crippen LogP contribution in [0.1, 0.15) is 25.8 Å². The third-order valence-electron chi connectivity index (χ3n) is 2.86. The lowest BCUT2D eigenvalue weighted by Gasteiger charge is -2.25. The van der Waals surface area contributed by atoms with E-state index < -0.39 is 0 Å². The van der Waals surface area contributed by atoms with E-state index in [0.717, 1.165) is 5.56 Å². The first-order valence-corrected chi connectivity index (χ1v) is 6.13. The van der Waals surface area contributed by atoms with Gasteiger partial charge in [-0.2, -0.15) is 0 Å². The first kappa shape index (κ1) is 15.3. The van der Waals surface area contributed by atoms with E-state index in [2.05, 4.69) is 5.32 Å². The number of rotatable bonds is 7. The molecule has 0 aliphatic carbocycles. The molecule has 0 bridgehead atoms. The second-order valence-electron chi connectivity index (χ2n) is 5.03. The smallest absolute Gasteiger partial charge is 0.219 e. The molecule has 0 fully saturated rings. The van der Waals surface area contributed by atoms with E-state index in [1.165, 1.54) is 0 Å². The van der Waals surface area contributed by atoms with E-state index in [1.807, 2.05) is 32.0 Å². The Kier molecular flexibility index (Phi) is 5.18. The molecule has 106 valence electrons. The highest BCUT2D eigenvalue weighted by atomic mass is 16.5. The molecular weight excluding hydrogens is 244 g/mol. The van der Waals surface area contributed by atoms with Crippen molar-refractivity contribution in [3.05, 3.63) is 23.8 Å². The summed E-state index contributed by atoms with van der Waals surface area (Å²) in [5.41, 5.74) is 5.84. The van der Waals surface area contributed by atoms with Crippen molar-refractivity contribution in [3.8, 4) is 11.5 Å². The van der Waals surface area contributed by atoms with Gasteiger partial charge in [-0.15, -0.1) is 0 Å². The van der Waals surface area contributed by atoms with Gasteiger partial charge < -0.3 is 20.5 Å². The molecule has 5 heteroatoms. The van der Waals surface area contributed by atoms with Gasteiger partial charge in [0.25, 0.3) is 0 Å². The molecule has 0 aliphatic heterocycles. The summed E-state index contributed by atoms with van der Waals surface area (Å²) in [7, 11) is 3.21. The van der Waals surface area contributed by atoms with Crippen molar-refractivity contribution in [2.45, 2.75) is 32.4 Å². The van der Waals surface area contributed by atoms with Crippen LogP contribution in [0.3, 0.4) is 0 Å². The van der Waals surface area contributed by atoms with Crippen LogP contribution in [0.15, 0.2) is 18.2 Å². The minimum Gasteiger partial charge on any atom is -0.493 e. The third kappa shape index (κ3) is 4.44. The van der Waals surface area contributed by atoms with Crippen LogP contribution in [0.2, 0.25) is 0 Å². The Morgan fingerprint density at radius 3 is 2.53 bits per heavy atom. The van der Waals surface area contributed by atoms with Crippen LogP contribution in [0.25, 0.3) is 0 Å². The third-order valence-corrected chi connectivity index (χ3v) is 2.86. The van der Waals surface area contributed by atoms with Crippen molar-refractivity contribution < 1.29 is 14.3 Å². The minimum atomic E-state index is -0.361. The number of para-hydroxylation sites is 1. The normalized spacial score (nSPS) is 11.2. The zero-order chi connectivity index (χ0) is 14.5. The van der Waals surface area contributed by atoms with Crippen LogP contribution in [-0.4, -0.2) is 25.7 Å². The van der Waals surface area contributed by atoms with Crippen LogP contribution < -0.4 is 20.5 Å². The number of primary amides is 1. The van der Waals surface area contributed by atoms with Gasteiger partial charge in [-0.25, -0.2) is 0 Å². The molecule has 0 saturated heterocycles. The van der Waals surface area contributed by atoms with Crippen LogP contribution in [0, 0.1) is 0 Å². The standard InChI is InChI=1S/C14H22N2O3/c1-14(2,8-12(15)17)16-9-10-6-5-7-11(18-3)13(10)19-4/h5-7,16H,8-9H2,1-4H3,(H2,15,17). The molecule has 0 radical (unpaired) electrons. The highest BCUT2D eigenvalue weighted by molar-refractivity contribution is 5.75. The minimum absolute atomic E-state index is 0.277. The summed E-state index contributed by atoms with van der Waals surface area (Å²) in [5, 5.41) is 3.30. The number of nitrogens with two attached hydrogens (primary N) is 1. The van der Waals surface area contributed by atoms with E-state index in [9.17, 15) is 4.79 Å². The number of carbonyl (C=O) groups excluding carboxylic acids is 1. The number of amides is 1. The molecule has 0 saturated carbocycles. The van der Waals surface area contributed by atoms with E-state index in [1.54, 1.807) is 14.2 Å². The lowest BCUT2D eigenvalue weighted by atomic mass is 9.99. The topological polar surface area (TPSA) is 73.6 Å².